The maximum Gasteiger partial charge on any atom is 0.325 e. The van der Waals surface area contributed by atoms with Gasteiger partial charge >= 0.3 is 12.0 Å². The van der Waals surface area contributed by atoms with Crippen molar-refractivity contribution in [3.05, 3.63) is 24.2 Å². The Morgan fingerprint density at radius 3 is 2.96 bits per heavy atom. The van der Waals surface area contributed by atoms with Crippen molar-refractivity contribution in [2.45, 2.75) is 24.8 Å². The molecule has 0 radical (unpaired) electrons. The van der Waals surface area contributed by atoms with Crippen molar-refractivity contribution in [2.75, 3.05) is 33.3 Å². The minimum atomic E-state index is -1.04. The van der Waals surface area contributed by atoms with E-state index in [2.05, 4.69) is 5.32 Å². The fourth-order valence-corrected chi connectivity index (χ4v) is 3.52. The number of nitrogens with one attached hydrogen (secondary N) is 1. The first kappa shape index (κ1) is 16.5. The lowest BCUT2D eigenvalue weighted by atomic mass is 9.85. The summed E-state index contributed by atoms with van der Waals surface area (Å²) in [6.45, 7) is 3.00. The summed E-state index contributed by atoms with van der Waals surface area (Å²) in [6, 6.07) is 3.10. The zero-order valence-corrected chi connectivity index (χ0v) is 13.8. The Balaban J connectivity index is 1.80. The average Bonchev–Trinajstić information content (AvgIpc) is 3.20. The Kier molecular flexibility index (Phi) is 4.31. The Hall–Kier alpha value is -2.35. The second kappa shape index (κ2) is 6.27. The third-order valence-electron chi connectivity index (χ3n) is 4.54. The number of likely N-dealkylation sites (tertiary alicyclic amines) is 1. The van der Waals surface area contributed by atoms with Crippen LogP contribution in [0.5, 0.6) is 0 Å². The summed E-state index contributed by atoms with van der Waals surface area (Å²) in [5.41, 5.74) is -1.04. The zero-order chi connectivity index (χ0) is 17.3. The lowest BCUT2D eigenvalue weighted by Crippen LogP contribution is -2.52. The molecule has 3 amide bonds. The number of hydrogen-bond acceptors (Lipinski definition) is 6. The van der Waals surface area contributed by atoms with E-state index in [9.17, 15) is 14.4 Å². The van der Waals surface area contributed by atoms with Crippen LogP contribution in [-0.4, -0.2) is 66.5 Å². The number of hydrogen-bond donors (Lipinski definition) is 1. The summed E-state index contributed by atoms with van der Waals surface area (Å²) < 4.78 is 10.3. The highest BCUT2D eigenvalue weighted by Gasteiger charge is 2.60. The number of carbonyl (C=O) groups excluding carboxylic acids is 3. The van der Waals surface area contributed by atoms with E-state index < -0.39 is 17.5 Å². The third-order valence-corrected chi connectivity index (χ3v) is 4.54. The van der Waals surface area contributed by atoms with Crippen molar-refractivity contribution >= 4 is 17.9 Å². The van der Waals surface area contributed by atoms with Crippen LogP contribution in [0, 0.1) is 0 Å². The highest BCUT2D eigenvalue weighted by molar-refractivity contribution is 6.08. The number of rotatable bonds is 5. The first-order chi connectivity index (χ1) is 11.5. The standard InChI is InChI=1S/C16H21N3O5/c1-3-23-13(20)6-7-19-14(21)16(17-15(19)22)10-18(2)9-11(16)12-5-4-8-24-12/h4-5,8,11H,3,6-7,9-10H2,1-2H3,(H,17,22)/t11-,16-/m0/s1. The van der Waals surface area contributed by atoms with Crippen molar-refractivity contribution in [3.63, 3.8) is 0 Å². The summed E-state index contributed by atoms with van der Waals surface area (Å²) in [5.74, 6) is -0.338. The van der Waals surface area contributed by atoms with E-state index in [0.29, 0.717) is 18.8 Å². The lowest BCUT2D eigenvalue weighted by Gasteiger charge is -2.26. The number of likely N-dealkylation sites (N-methyl/N-ethyl adjacent to an activating group) is 1. The molecule has 2 aliphatic heterocycles. The number of imide groups is 1. The van der Waals surface area contributed by atoms with E-state index in [4.69, 9.17) is 9.15 Å². The molecule has 1 aromatic rings. The molecular formula is C16H21N3O5. The molecule has 2 fully saturated rings. The van der Waals surface area contributed by atoms with Gasteiger partial charge in [-0.15, -0.1) is 0 Å². The fourth-order valence-electron chi connectivity index (χ4n) is 3.52. The Morgan fingerprint density at radius 2 is 2.29 bits per heavy atom. The van der Waals surface area contributed by atoms with Crippen molar-refractivity contribution in [3.8, 4) is 0 Å². The smallest absolute Gasteiger partial charge is 0.325 e. The molecule has 3 heterocycles. The van der Waals surface area contributed by atoms with Crippen LogP contribution in [-0.2, 0) is 14.3 Å². The number of urea groups is 1. The molecule has 8 heteroatoms. The SMILES string of the molecule is CCOC(=O)CCN1C(=O)N[C@]2(CN(C)C[C@H]2c2ccco2)C1=O. The van der Waals surface area contributed by atoms with Gasteiger partial charge in [0.2, 0.25) is 0 Å². The molecule has 0 bridgehead atoms. The van der Waals surface area contributed by atoms with Crippen LogP contribution in [0.3, 0.4) is 0 Å². The van der Waals surface area contributed by atoms with Crippen molar-refractivity contribution in [1.82, 2.24) is 15.1 Å². The molecule has 24 heavy (non-hydrogen) atoms. The topological polar surface area (TPSA) is 92.1 Å². The second-order valence-electron chi connectivity index (χ2n) is 6.18. The average molecular weight is 335 g/mol. The first-order valence-electron chi connectivity index (χ1n) is 7.99. The minimum absolute atomic E-state index is 0.00959. The molecule has 0 aromatic carbocycles. The minimum Gasteiger partial charge on any atom is -0.469 e. The normalized spacial score (nSPS) is 27.1. The van der Waals surface area contributed by atoms with Crippen LogP contribution in [0.4, 0.5) is 4.79 Å². The first-order valence-corrected chi connectivity index (χ1v) is 7.99. The number of esters is 1. The van der Waals surface area contributed by atoms with Gasteiger partial charge in [-0.05, 0) is 26.1 Å². The van der Waals surface area contributed by atoms with Crippen LogP contribution < -0.4 is 5.32 Å². The van der Waals surface area contributed by atoms with Gasteiger partial charge in [0.05, 0.1) is 25.2 Å². The molecule has 3 rings (SSSR count). The Labute approximate surface area is 139 Å². The number of amides is 3. The Morgan fingerprint density at radius 1 is 1.50 bits per heavy atom. The van der Waals surface area contributed by atoms with Crippen molar-refractivity contribution in [2.24, 2.45) is 0 Å². The lowest BCUT2D eigenvalue weighted by molar-refractivity contribution is -0.143. The van der Waals surface area contributed by atoms with Gasteiger partial charge in [-0.3, -0.25) is 14.5 Å². The number of ether oxygens (including phenoxy) is 1. The maximum absolute atomic E-state index is 13.0. The molecule has 0 unspecified atom stereocenters. The van der Waals surface area contributed by atoms with E-state index in [-0.39, 0.29) is 31.4 Å². The van der Waals surface area contributed by atoms with Gasteiger partial charge in [0.1, 0.15) is 11.3 Å². The summed E-state index contributed by atoms with van der Waals surface area (Å²) in [7, 11) is 1.89. The molecule has 2 aliphatic rings. The zero-order valence-electron chi connectivity index (χ0n) is 13.8. The number of furan rings is 1. The highest BCUT2D eigenvalue weighted by Crippen LogP contribution is 2.39. The molecule has 8 nitrogen and oxygen atoms in total. The molecule has 0 aliphatic carbocycles. The molecule has 2 saturated heterocycles. The van der Waals surface area contributed by atoms with Crippen LogP contribution in [0.1, 0.15) is 25.0 Å². The molecule has 1 N–H and O–H groups in total. The largest absolute Gasteiger partial charge is 0.469 e. The Bertz CT molecular complexity index is 644. The molecule has 1 spiro atoms. The fraction of sp³-hybridized carbons (Fsp3) is 0.562. The summed E-state index contributed by atoms with van der Waals surface area (Å²) in [5, 5.41) is 2.84. The highest BCUT2D eigenvalue weighted by atomic mass is 16.5. The van der Waals surface area contributed by atoms with Gasteiger partial charge in [-0.2, -0.15) is 0 Å². The molecular weight excluding hydrogens is 314 g/mol. The molecule has 0 saturated carbocycles. The number of nitrogens with zero attached hydrogens (tertiary/aromatic N) is 2. The van der Waals surface area contributed by atoms with E-state index in [1.165, 1.54) is 0 Å². The summed E-state index contributed by atoms with van der Waals surface area (Å²) in [6.07, 6.45) is 1.55. The third kappa shape index (κ3) is 2.66. The maximum atomic E-state index is 13.0. The quantitative estimate of drug-likeness (QED) is 0.624. The van der Waals surface area contributed by atoms with Crippen molar-refractivity contribution in [1.29, 1.82) is 0 Å². The van der Waals surface area contributed by atoms with Crippen LogP contribution >= 0.6 is 0 Å². The van der Waals surface area contributed by atoms with Crippen LogP contribution in [0.15, 0.2) is 22.8 Å². The summed E-state index contributed by atoms with van der Waals surface area (Å²) in [4.78, 5) is 39.9. The predicted molar refractivity (Wildman–Crippen MR) is 83.2 cm³/mol. The van der Waals surface area contributed by atoms with Gasteiger partial charge in [0.15, 0.2) is 0 Å². The van der Waals surface area contributed by atoms with Gasteiger partial charge < -0.3 is 19.4 Å². The van der Waals surface area contributed by atoms with Crippen molar-refractivity contribution < 1.29 is 23.5 Å². The molecule has 2 atom stereocenters. The monoisotopic (exact) mass is 335 g/mol. The van der Waals surface area contributed by atoms with Crippen LogP contribution in [0.25, 0.3) is 0 Å². The van der Waals surface area contributed by atoms with Crippen LogP contribution in [0.2, 0.25) is 0 Å². The van der Waals surface area contributed by atoms with Gasteiger partial charge in [-0.25, -0.2) is 4.79 Å². The summed E-state index contributed by atoms with van der Waals surface area (Å²) >= 11 is 0. The number of carbonyl (C=O) groups is 3. The van der Waals surface area contributed by atoms with Gasteiger partial charge in [-0.1, -0.05) is 0 Å². The van der Waals surface area contributed by atoms with Gasteiger partial charge in [0, 0.05) is 19.6 Å². The van der Waals surface area contributed by atoms with E-state index in [0.717, 1.165) is 4.90 Å². The molecule has 130 valence electrons. The van der Waals surface area contributed by atoms with E-state index in [1.54, 1.807) is 19.3 Å². The predicted octanol–water partition coefficient (Wildman–Crippen LogP) is 0.552. The van der Waals surface area contributed by atoms with Gasteiger partial charge in [0.25, 0.3) is 5.91 Å². The molecule has 1 aromatic heterocycles. The van der Waals surface area contributed by atoms with E-state index >= 15 is 0 Å². The second-order valence-corrected chi connectivity index (χ2v) is 6.18. The van der Waals surface area contributed by atoms with E-state index in [1.807, 2.05) is 18.0 Å².